The summed E-state index contributed by atoms with van der Waals surface area (Å²) in [7, 11) is 0. The smallest absolute Gasteiger partial charge is 0.110 e. The number of aryl methyl sites for hydroxylation is 2. The van der Waals surface area contributed by atoms with Crippen LogP contribution in [0.15, 0.2) is 85.1 Å². The lowest BCUT2D eigenvalue weighted by atomic mass is 10.2. The number of hydrogen-bond acceptors (Lipinski definition) is 3. The van der Waals surface area contributed by atoms with Gasteiger partial charge in [0.05, 0.1) is 28.6 Å². The highest BCUT2D eigenvalue weighted by atomic mass is 35.5. The molecule has 2 heterocycles. The summed E-state index contributed by atoms with van der Waals surface area (Å²) in [4.78, 5) is 4.89. The van der Waals surface area contributed by atoms with Crippen molar-refractivity contribution < 1.29 is 0 Å². The van der Waals surface area contributed by atoms with Crippen molar-refractivity contribution in [2.45, 2.75) is 19.4 Å². The van der Waals surface area contributed by atoms with Crippen LogP contribution in [0.25, 0.3) is 16.7 Å². The average Bonchev–Trinajstić information content (AvgIpc) is 3.38. The van der Waals surface area contributed by atoms with Gasteiger partial charge in [-0.25, -0.2) is 9.67 Å². The van der Waals surface area contributed by atoms with Gasteiger partial charge in [0.25, 0.3) is 0 Å². The molecule has 6 heteroatoms. The minimum absolute atomic E-state index is 0.680. The van der Waals surface area contributed by atoms with Gasteiger partial charge in [-0.05, 0) is 35.9 Å². The maximum atomic E-state index is 6.09. The summed E-state index contributed by atoms with van der Waals surface area (Å²) in [6.45, 7) is 0.798. The van der Waals surface area contributed by atoms with E-state index in [2.05, 4.69) is 57.3 Å². The second-order valence-electron chi connectivity index (χ2n) is 7.22. The minimum atomic E-state index is 0.680. The molecule has 0 spiro atoms. The van der Waals surface area contributed by atoms with E-state index in [1.54, 1.807) is 4.68 Å². The van der Waals surface area contributed by atoms with E-state index in [1.807, 2.05) is 42.6 Å². The van der Waals surface area contributed by atoms with E-state index in [4.69, 9.17) is 16.6 Å². The highest BCUT2D eigenvalue weighted by molar-refractivity contribution is 6.30. The monoisotopic (exact) mass is 413 g/mol. The summed E-state index contributed by atoms with van der Waals surface area (Å²) < 4.78 is 4.06. The molecule has 0 aliphatic rings. The van der Waals surface area contributed by atoms with E-state index in [-0.39, 0.29) is 0 Å². The van der Waals surface area contributed by atoms with Crippen molar-refractivity contribution in [1.29, 1.82) is 0 Å². The Kier molecular flexibility index (Phi) is 5.03. The van der Waals surface area contributed by atoms with E-state index in [0.717, 1.165) is 47.6 Å². The number of nitrogens with zero attached hydrogens (tertiary/aromatic N) is 5. The molecule has 2 aromatic heterocycles. The third-order valence-corrected chi connectivity index (χ3v) is 5.37. The first-order valence-corrected chi connectivity index (χ1v) is 10.3. The zero-order chi connectivity index (χ0) is 20.3. The molecule has 0 saturated carbocycles. The van der Waals surface area contributed by atoms with Crippen LogP contribution < -0.4 is 0 Å². The molecule has 30 heavy (non-hydrogen) atoms. The van der Waals surface area contributed by atoms with Gasteiger partial charge in [-0.3, -0.25) is 0 Å². The molecule has 5 rings (SSSR count). The molecule has 148 valence electrons. The van der Waals surface area contributed by atoms with Crippen molar-refractivity contribution in [3.63, 3.8) is 0 Å². The molecule has 0 fully saturated rings. The Bertz CT molecular complexity index is 1290. The van der Waals surface area contributed by atoms with Gasteiger partial charge in [-0.15, -0.1) is 5.10 Å². The molecule has 0 atom stereocenters. The highest BCUT2D eigenvalue weighted by Gasteiger charge is 2.12. The maximum Gasteiger partial charge on any atom is 0.110 e. The Hall–Kier alpha value is -3.44. The fraction of sp³-hybridized carbons (Fsp3) is 0.125. The van der Waals surface area contributed by atoms with Gasteiger partial charge in [0.2, 0.25) is 0 Å². The predicted molar refractivity (Wildman–Crippen MR) is 119 cm³/mol. The third kappa shape index (κ3) is 3.84. The number of fused-ring (bicyclic) bond motifs is 1. The molecule has 0 unspecified atom stereocenters. The fourth-order valence-electron chi connectivity index (χ4n) is 3.66. The zero-order valence-corrected chi connectivity index (χ0v) is 17.1. The van der Waals surface area contributed by atoms with Crippen molar-refractivity contribution >= 4 is 22.6 Å². The fourth-order valence-corrected chi connectivity index (χ4v) is 3.84. The van der Waals surface area contributed by atoms with Crippen LogP contribution in [0, 0.1) is 0 Å². The lowest BCUT2D eigenvalue weighted by molar-refractivity contribution is 0.722. The summed E-state index contributed by atoms with van der Waals surface area (Å²) in [5.41, 5.74) is 5.25. The largest absolute Gasteiger partial charge is 0.323 e. The molecule has 0 amide bonds. The first kappa shape index (κ1) is 18.6. The minimum Gasteiger partial charge on any atom is -0.323 e. The second kappa shape index (κ2) is 8.13. The standard InChI is InChI=1S/C24H20ClN5/c25-19-9-6-10-21(15-19)30-17-20(27-28-30)13-14-24-26-22-11-4-5-12-23(22)29(24)16-18-7-2-1-3-8-18/h1-12,15,17H,13-14,16H2. The van der Waals surface area contributed by atoms with Gasteiger partial charge >= 0.3 is 0 Å². The van der Waals surface area contributed by atoms with Gasteiger partial charge in [0, 0.05) is 24.4 Å². The Morgan fingerprint density at radius 1 is 0.833 bits per heavy atom. The zero-order valence-electron chi connectivity index (χ0n) is 16.3. The van der Waals surface area contributed by atoms with E-state index < -0.39 is 0 Å². The molecule has 5 aromatic rings. The molecular formula is C24H20ClN5. The number of halogens is 1. The van der Waals surface area contributed by atoms with Crippen molar-refractivity contribution in [2.75, 3.05) is 0 Å². The number of imidazole rings is 1. The van der Waals surface area contributed by atoms with Crippen molar-refractivity contribution in [1.82, 2.24) is 24.5 Å². The number of para-hydroxylation sites is 2. The topological polar surface area (TPSA) is 48.5 Å². The Morgan fingerprint density at radius 3 is 2.53 bits per heavy atom. The summed E-state index contributed by atoms with van der Waals surface area (Å²) in [6, 6.07) is 26.4. The van der Waals surface area contributed by atoms with Crippen LogP contribution in [0.2, 0.25) is 5.02 Å². The molecule has 0 bridgehead atoms. The first-order valence-electron chi connectivity index (χ1n) is 9.91. The number of rotatable bonds is 6. The Morgan fingerprint density at radius 2 is 1.67 bits per heavy atom. The average molecular weight is 414 g/mol. The molecule has 0 aliphatic heterocycles. The Balaban J connectivity index is 1.40. The number of aromatic nitrogens is 5. The van der Waals surface area contributed by atoms with Crippen LogP contribution in [-0.2, 0) is 19.4 Å². The first-order chi connectivity index (χ1) is 14.8. The van der Waals surface area contributed by atoms with Gasteiger partial charge < -0.3 is 4.57 Å². The van der Waals surface area contributed by atoms with Gasteiger partial charge in [0.15, 0.2) is 0 Å². The number of benzene rings is 3. The molecule has 0 aliphatic carbocycles. The predicted octanol–water partition coefficient (Wildman–Crippen LogP) is 5.10. The molecule has 0 N–H and O–H groups in total. The summed E-state index contributed by atoms with van der Waals surface area (Å²) in [6.07, 6.45) is 3.50. The van der Waals surface area contributed by atoms with Crippen LogP contribution in [0.4, 0.5) is 0 Å². The van der Waals surface area contributed by atoms with E-state index in [9.17, 15) is 0 Å². The van der Waals surface area contributed by atoms with Crippen LogP contribution >= 0.6 is 11.6 Å². The lowest BCUT2D eigenvalue weighted by Crippen LogP contribution is -2.06. The molecule has 3 aromatic carbocycles. The molecular weight excluding hydrogens is 394 g/mol. The van der Waals surface area contributed by atoms with Crippen LogP contribution in [0.5, 0.6) is 0 Å². The lowest BCUT2D eigenvalue weighted by Gasteiger charge is -2.09. The Labute approximate surface area is 179 Å². The third-order valence-electron chi connectivity index (χ3n) is 5.14. The maximum absolute atomic E-state index is 6.09. The van der Waals surface area contributed by atoms with Crippen molar-refractivity contribution in [3.8, 4) is 5.69 Å². The van der Waals surface area contributed by atoms with E-state index >= 15 is 0 Å². The summed E-state index contributed by atoms with van der Waals surface area (Å²) in [5, 5.41) is 9.27. The highest BCUT2D eigenvalue weighted by Crippen LogP contribution is 2.20. The van der Waals surface area contributed by atoms with Crippen LogP contribution in [0.3, 0.4) is 0 Å². The van der Waals surface area contributed by atoms with Crippen LogP contribution in [0.1, 0.15) is 17.1 Å². The summed E-state index contributed by atoms with van der Waals surface area (Å²) >= 11 is 6.09. The molecule has 0 saturated heterocycles. The quantitative estimate of drug-likeness (QED) is 0.389. The number of hydrogen-bond donors (Lipinski definition) is 0. The normalized spacial score (nSPS) is 11.2. The molecule has 0 radical (unpaired) electrons. The van der Waals surface area contributed by atoms with Crippen molar-refractivity contribution in [2.24, 2.45) is 0 Å². The van der Waals surface area contributed by atoms with E-state index in [1.165, 1.54) is 5.56 Å². The summed E-state index contributed by atoms with van der Waals surface area (Å²) in [5.74, 6) is 1.05. The van der Waals surface area contributed by atoms with Gasteiger partial charge in [-0.1, -0.05) is 65.3 Å². The van der Waals surface area contributed by atoms with E-state index in [0.29, 0.717) is 5.02 Å². The molecule has 5 nitrogen and oxygen atoms in total. The van der Waals surface area contributed by atoms with Crippen LogP contribution in [-0.4, -0.2) is 24.5 Å². The van der Waals surface area contributed by atoms with Gasteiger partial charge in [-0.2, -0.15) is 0 Å². The SMILES string of the molecule is Clc1cccc(-n2cc(CCc3nc4ccccc4n3Cc3ccccc3)nn2)c1. The van der Waals surface area contributed by atoms with Crippen molar-refractivity contribution in [3.05, 3.63) is 107 Å². The van der Waals surface area contributed by atoms with Gasteiger partial charge in [0.1, 0.15) is 5.82 Å². The second-order valence-corrected chi connectivity index (χ2v) is 7.66.